The second kappa shape index (κ2) is 5.26. The maximum Gasteiger partial charge on any atom is 0.261 e. The van der Waals surface area contributed by atoms with Crippen LogP contribution in [0.2, 0.25) is 0 Å². The first kappa shape index (κ1) is 15.9. The maximum atomic E-state index is 13.1. The van der Waals surface area contributed by atoms with Gasteiger partial charge >= 0.3 is 0 Å². The fourth-order valence-electron chi connectivity index (χ4n) is 3.76. The molecule has 0 radical (unpaired) electrons. The number of nitrogens with zero attached hydrogens (tertiary/aromatic N) is 2. The number of fused-ring (bicyclic) bond motifs is 2. The predicted octanol–water partition coefficient (Wildman–Crippen LogP) is 1.20. The molecule has 0 bridgehead atoms. The maximum absolute atomic E-state index is 13.1. The van der Waals surface area contributed by atoms with Crippen LogP contribution in [0.15, 0.2) is 0 Å². The van der Waals surface area contributed by atoms with E-state index in [9.17, 15) is 19.2 Å². The third-order valence-electron chi connectivity index (χ3n) is 4.45. The summed E-state index contributed by atoms with van der Waals surface area (Å²) in [5.74, 6) is -0.368. The molecule has 3 fully saturated rings. The molecule has 3 heterocycles. The Bertz CT molecular complexity index is 531. The fourth-order valence-corrected chi connectivity index (χ4v) is 6.17. The van der Waals surface area contributed by atoms with Crippen molar-refractivity contribution >= 4 is 45.6 Å². The summed E-state index contributed by atoms with van der Waals surface area (Å²) in [6.45, 7) is 3.78. The van der Waals surface area contributed by atoms with Gasteiger partial charge in [-0.25, -0.2) is 0 Å². The van der Waals surface area contributed by atoms with Crippen molar-refractivity contribution < 1.29 is 19.2 Å². The lowest BCUT2D eigenvalue weighted by molar-refractivity contribution is -0.161. The lowest BCUT2D eigenvalue weighted by Crippen LogP contribution is -2.71. The van der Waals surface area contributed by atoms with E-state index in [1.165, 1.54) is 13.8 Å². The van der Waals surface area contributed by atoms with Gasteiger partial charge in [-0.3, -0.25) is 19.2 Å². The van der Waals surface area contributed by atoms with Crippen LogP contribution in [0.25, 0.3) is 0 Å². The second-order valence-corrected chi connectivity index (χ2v) is 8.79. The third kappa shape index (κ3) is 2.03. The van der Waals surface area contributed by atoms with E-state index >= 15 is 0 Å². The van der Waals surface area contributed by atoms with E-state index in [1.807, 2.05) is 0 Å². The van der Waals surface area contributed by atoms with Crippen molar-refractivity contribution in [2.24, 2.45) is 0 Å². The average molecular weight is 342 g/mol. The van der Waals surface area contributed by atoms with Crippen molar-refractivity contribution in [2.75, 3.05) is 13.1 Å². The Hall–Kier alpha value is -1.02. The SMILES string of the molecule is CC(=O)S[C@]12CCCN1C(=O)[C@@]1(SC(C)=O)CCCN1C2=O. The number of thioether (sulfide) groups is 2. The molecular weight excluding hydrogens is 324 g/mol. The quantitative estimate of drug-likeness (QED) is 0.751. The summed E-state index contributed by atoms with van der Waals surface area (Å²) in [7, 11) is 0. The van der Waals surface area contributed by atoms with Crippen LogP contribution in [0.1, 0.15) is 39.5 Å². The molecule has 0 aromatic heterocycles. The monoisotopic (exact) mass is 342 g/mol. The topological polar surface area (TPSA) is 74.8 Å². The molecule has 6 nitrogen and oxygen atoms in total. The molecule has 3 rings (SSSR count). The van der Waals surface area contributed by atoms with Crippen molar-refractivity contribution in [3.05, 3.63) is 0 Å². The molecule has 2 amide bonds. The number of piperazine rings is 1. The van der Waals surface area contributed by atoms with E-state index in [0.29, 0.717) is 38.8 Å². The van der Waals surface area contributed by atoms with Gasteiger partial charge in [-0.15, -0.1) is 0 Å². The van der Waals surface area contributed by atoms with Gasteiger partial charge in [0.1, 0.15) is 0 Å². The van der Waals surface area contributed by atoms with Crippen LogP contribution in [0.3, 0.4) is 0 Å². The molecule has 120 valence electrons. The number of carbonyl (C=O) groups is 4. The largest absolute Gasteiger partial charge is 0.316 e. The molecule has 3 aliphatic heterocycles. The molecule has 22 heavy (non-hydrogen) atoms. The van der Waals surface area contributed by atoms with Crippen LogP contribution in [-0.4, -0.2) is 54.7 Å². The first-order valence-electron chi connectivity index (χ1n) is 7.37. The summed E-state index contributed by atoms with van der Waals surface area (Å²) in [6, 6.07) is 0. The molecule has 3 aliphatic rings. The summed E-state index contributed by atoms with van der Waals surface area (Å²) >= 11 is 1.91. The van der Waals surface area contributed by atoms with E-state index in [0.717, 1.165) is 23.5 Å². The lowest BCUT2D eigenvalue weighted by atomic mass is 10.0. The first-order valence-corrected chi connectivity index (χ1v) is 9.00. The standard InChI is InChI=1S/C14H18N2O4S2/c1-9(17)21-13-5-3-7-15(13)12(20)14(22-10(2)18)6-4-8-16(14)11(13)19/h3-8H2,1-2H3/t13-,14-/m0/s1. The van der Waals surface area contributed by atoms with Gasteiger partial charge in [-0.2, -0.15) is 0 Å². The van der Waals surface area contributed by atoms with Gasteiger partial charge in [0, 0.05) is 26.9 Å². The van der Waals surface area contributed by atoms with Gasteiger partial charge in [0.2, 0.25) is 0 Å². The molecule has 0 unspecified atom stereocenters. The summed E-state index contributed by atoms with van der Waals surface area (Å²) in [5.41, 5.74) is 0. The summed E-state index contributed by atoms with van der Waals surface area (Å²) < 4.78 is 0. The number of carbonyl (C=O) groups excluding carboxylic acids is 4. The Morgan fingerprint density at radius 1 is 0.864 bits per heavy atom. The molecule has 3 saturated heterocycles. The van der Waals surface area contributed by atoms with Gasteiger partial charge in [-0.05, 0) is 49.2 Å². The number of amides is 2. The van der Waals surface area contributed by atoms with Gasteiger partial charge in [-0.1, -0.05) is 0 Å². The molecule has 0 aromatic rings. The van der Waals surface area contributed by atoms with Crippen LogP contribution >= 0.6 is 23.5 Å². The first-order chi connectivity index (χ1) is 10.3. The highest BCUT2D eigenvalue weighted by Gasteiger charge is 2.67. The van der Waals surface area contributed by atoms with Crippen LogP contribution in [0.4, 0.5) is 0 Å². The Labute approximate surface area is 137 Å². The highest BCUT2D eigenvalue weighted by atomic mass is 32.2. The zero-order valence-electron chi connectivity index (χ0n) is 12.6. The van der Waals surface area contributed by atoms with E-state index in [-0.39, 0.29) is 22.0 Å². The minimum Gasteiger partial charge on any atom is -0.316 e. The Balaban J connectivity index is 2.07. The van der Waals surface area contributed by atoms with Crippen molar-refractivity contribution in [1.29, 1.82) is 0 Å². The predicted molar refractivity (Wildman–Crippen MR) is 83.9 cm³/mol. The van der Waals surface area contributed by atoms with Crippen LogP contribution in [0.5, 0.6) is 0 Å². The smallest absolute Gasteiger partial charge is 0.261 e. The molecular formula is C14H18N2O4S2. The Morgan fingerprint density at radius 3 is 1.55 bits per heavy atom. The zero-order valence-corrected chi connectivity index (χ0v) is 14.2. The van der Waals surface area contributed by atoms with Crippen molar-refractivity contribution in [1.82, 2.24) is 9.80 Å². The summed E-state index contributed by atoms with van der Waals surface area (Å²) in [4.78, 5) is 50.4. The second-order valence-electron chi connectivity index (χ2n) is 5.88. The molecule has 0 spiro atoms. The summed E-state index contributed by atoms with van der Waals surface area (Å²) in [5, 5.41) is -0.335. The summed E-state index contributed by atoms with van der Waals surface area (Å²) in [6.07, 6.45) is 2.40. The van der Waals surface area contributed by atoms with E-state index in [2.05, 4.69) is 0 Å². The van der Waals surface area contributed by atoms with Gasteiger partial charge in [0.15, 0.2) is 20.0 Å². The van der Waals surface area contributed by atoms with Crippen molar-refractivity contribution in [3.8, 4) is 0 Å². The number of rotatable bonds is 2. The van der Waals surface area contributed by atoms with Gasteiger partial charge in [0.05, 0.1) is 0 Å². The van der Waals surface area contributed by atoms with Gasteiger partial charge < -0.3 is 9.80 Å². The average Bonchev–Trinajstić information content (AvgIpc) is 3.01. The molecule has 0 aromatic carbocycles. The normalized spacial score (nSPS) is 33.9. The highest BCUT2D eigenvalue weighted by molar-refractivity contribution is 8.16. The molecule has 0 saturated carbocycles. The molecule has 0 aliphatic carbocycles. The minimum atomic E-state index is -1.09. The molecule has 8 heteroatoms. The number of hydrogen-bond donors (Lipinski definition) is 0. The zero-order chi connectivity index (χ0) is 16.1. The fraction of sp³-hybridized carbons (Fsp3) is 0.714. The Morgan fingerprint density at radius 2 is 1.23 bits per heavy atom. The van der Waals surface area contributed by atoms with Crippen molar-refractivity contribution in [3.63, 3.8) is 0 Å². The lowest BCUT2D eigenvalue weighted by Gasteiger charge is -2.51. The molecule has 0 N–H and O–H groups in total. The van der Waals surface area contributed by atoms with Crippen LogP contribution in [-0.2, 0) is 19.2 Å². The van der Waals surface area contributed by atoms with Crippen LogP contribution < -0.4 is 0 Å². The molecule has 2 atom stereocenters. The minimum absolute atomic E-state index is 0.168. The number of hydrogen-bond acceptors (Lipinski definition) is 6. The van der Waals surface area contributed by atoms with E-state index < -0.39 is 9.74 Å². The van der Waals surface area contributed by atoms with E-state index in [1.54, 1.807) is 9.80 Å². The van der Waals surface area contributed by atoms with E-state index in [4.69, 9.17) is 0 Å². The van der Waals surface area contributed by atoms with Crippen molar-refractivity contribution in [2.45, 2.75) is 49.3 Å². The van der Waals surface area contributed by atoms with Crippen LogP contribution in [0, 0.1) is 0 Å². The highest BCUT2D eigenvalue weighted by Crippen LogP contribution is 2.53. The Kier molecular flexibility index (Phi) is 3.79. The third-order valence-corrected chi connectivity index (χ3v) is 6.90. The van der Waals surface area contributed by atoms with Gasteiger partial charge in [0.25, 0.3) is 11.8 Å².